The van der Waals surface area contributed by atoms with Crippen molar-refractivity contribution in [1.29, 1.82) is 0 Å². The van der Waals surface area contributed by atoms with Gasteiger partial charge in [-0.2, -0.15) is 9.61 Å². The minimum absolute atomic E-state index is 0.195. The first-order valence-corrected chi connectivity index (χ1v) is 7.39. The topological polar surface area (TPSA) is 78.3 Å². The summed E-state index contributed by atoms with van der Waals surface area (Å²) in [5.41, 5.74) is 6.61. The number of aromatic nitrogens is 4. The molecule has 8 heteroatoms. The lowest BCUT2D eigenvalue weighted by Crippen LogP contribution is -2.04. The molecule has 3 aromatic rings. The first kappa shape index (κ1) is 12.7. The third kappa shape index (κ3) is 2.07. The number of halogens is 1. The van der Waals surface area contributed by atoms with Crippen molar-refractivity contribution >= 4 is 22.0 Å². The number of benzene rings is 1. The minimum Gasteiger partial charge on any atom is -0.399 e. The third-order valence-electron chi connectivity index (χ3n) is 3.53. The van der Waals surface area contributed by atoms with Gasteiger partial charge in [-0.25, -0.2) is 4.39 Å². The van der Waals surface area contributed by atoms with E-state index in [0.29, 0.717) is 27.8 Å². The molecule has 3 heterocycles. The van der Waals surface area contributed by atoms with E-state index in [2.05, 4.69) is 15.3 Å². The van der Waals surface area contributed by atoms with Gasteiger partial charge < -0.3 is 10.5 Å². The highest BCUT2D eigenvalue weighted by molar-refractivity contribution is 7.19. The van der Waals surface area contributed by atoms with Crippen molar-refractivity contribution in [2.75, 3.05) is 18.9 Å². The van der Waals surface area contributed by atoms with Crippen LogP contribution in [0, 0.1) is 5.82 Å². The molecule has 0 spiro atoms. The van der Waals surface area contributed by atoms with Crippen molar-refractivity contribution in [2.45, 2.75) is 12.3 Å². The van der Waals surface area contributed by atoms with Gasteiger partial charge in [-0.1, -0.05) is 11.3 Å². The number of nitrogens with two attached hydrogens (primary N) is 1. The Morgan fingerprint density at radius 1 is 1.38 bits per heavy atom. The lowest BCUT2D eigenvalue weighted by Gasteiger charge is -2.02. The summed E-state index contributed by atoms with van der Waals surface area (Å²) in [6.07, 6.45) is 0.903. The molecule has 1 unspecified atom stereocenters. The molecule has 21 heavy (non-hydrogen) atoms. The van der Waals surface area contributed by atoms with E-state index in [1.807, 2.05) is 0 Å². The maximum Gasteiger partial charge on any atom is 0.234 e. The zero-order valence-electron chi connectivity index (χ0n) is 11.0. The van der Waals surface area contributed by atoms with Gasteiger partial charge in [-0.15, -0.1) is 10.2 Å². The number of ether oxygens (including phenoxy) is 1. The van der Waals surface area contributed by atoms with Gasteiger partial charge in [0.1, 0.15) is 5.82 Å². The summed E-state index contributed by atoms with van der Waals surface area (Å²) < 4.78 is 21.0. The van der Waals surface area contributed by atoms with E-state index in [4.69, 9.17) is 10.5 Å². The van der Waals surface area contributed by atoms with Crippen molar-refractivity contribution in [3.8, 4) is 10.6 Å². The third-order valence-corrected chi connectivity index (χ3v) is 4.46. The van der Waals surface area contributed by atoms with Crippen molar-refractivity contribution in [3.63, 3.8) is 0 Å². The summed E-state index contributed by atoms with van der Waals surface area (Å²) in [4.78, 5) is 0.647. The van der Waals surface area contributed by atoms with Crippen LogP contribution in [-0.2, 0) is 4.74 Å². The van der Waals surface area contributed by atoms with Crippen molar-refractivity contribution in [2.24, 2.45) is 0 Å². The van der Waals surface area contributed by atoms with Crippen LogP contribution in [0.3, 0.4) is 0 Å². The van der Waals surface area contributed by atoms with E-state index in [1.165, 1.54) is 23.5 Å². The van der Waals surface area contributed by atoms with Crippen LogP contribution in [0.25, 0.3) is 15.5 Å². The van der Waals surface area contributed by atoms with Gasteiger partial charge in [0.05, 0.1) is 12.2 Å². The SMILES string of the molecule is Nc1ccc(F)c(-c2nn3c(C4CCOC4)nnc3s2)c1. The predicted molar refractivity (Wildman–Crippen MR) is 76.6 cm³/mol. The monoisotopic (exact) mass is 305 g/mol. The highest BCUT2D eigenvalue weighted by atomic mass is 32.1. The van der Waals surface area contributed by atoms with Crippen LogP contribution in [0.5, 0.6) is 0 Å². The largest absolute Gasteiger partial charge is 0.399 e. The van der Waals surface area contributed by atoms with E-state index < -0.39 is 0 Å². The van der Waals surface area contributed by atoms with Crippen LogP contribution in [0.15, 0.2) is 18.2 Å². The lowest BCUT2D eigenvalue weighted by molar-refractivity contribution is 0.193. The summed E-state index contributed by atoms with van der Waals surface area (Å²) in [5.74, 6) is 0.620. The normalized spacial score (nSPS) is 18.6. The zero-order chi connectivity index (χ0) is 14.4. The minimum atomic E-state index is -0.347. The smallest absolute Gasteiger partial charge is 0.234 e. The first-order valence-electron chi connectivity index (χ1n) is 6.57. The molecule has 0 amide bonds. The Hall–Kier alpha value is -2.06. The van der Waals surface area contributed by atoms with Crippen molar-refractivity contribution < 1.29 is 9.13 Å². The second kappa shape index (κ2) is 4.74. The number of rotatable bonds is 2. The molecule has 0 bridgehead atoms. The molecule has 2 aromatic heterocycles. The molecule has 6 nitrogen and oxygen atoms in total. The molecule has 1 aromatic carbocycles. The second-order valence-electron chi connectivity index (χ2n) is 4.96. The first-order chi connectivity index (χ1) is 10.2. The molecule has 1 saturated heterocycles. The van der Waals surface area contributed by atoms with E-state index in [9.17, 15) is 4.39 Å². The molecule has 0 radical (unpaired) electrons. The summed E-state index contributed by atoms with van der Waals surface area (Å²) >= 11 is 1.29. The van der Waals surface area contributed by atoms with Gasteiger partial charge >= 0.3 is 0 Å². The Morgan fingerprint density at radius 2 is 2.29 bits per heavy atom. The Balaban J connectivity index is 1.82. The average molecular weight is 305 g/mol. The summed E-state index contributed by atoms with van der Waals surface area (Å²) in [6.45, 7) is 1.35. The number of nitrogens with zero attached hydrogens (tertiary/aromatic N) is 4. The lowest BCUT2D eigenvalue weighted by atomic mass is 10.1. The number of nitrogen functional groups attached to an aromatic ring is 1. The molecule has 1 aliphatic heterocycles. The van der Waals surface area contributed by atoms with Crippen LogP contribution in [0.2, 0.25) is 0 Å². The standard InChI is InChI=1S/C13H12FN5OS/c14-10-2-1-8(15)5-9(10)12-18-19-11(7-3-4-20-6-7)16-17-13(19)21-12/h1-2,5,7H,3-4,6,15H2. The number of hydrogen-bond acceptors (Lipinski definition) is 6. The molecule has 1 atom stereocenters. The maximum atomic E-state index is 13.9. The molecule has 1 aliphatic rings. The van der Waals surface area contributed by atoms with Gasteiger partial charge in [-0.3, -0.25) is 0 Å². The summed E-state index contributed by atoms with van der Waals surface area (Å²) in [7, 11) is 0. The van der Waals surface area contributed by atoms with E-state index in [1.54, 1.807) is 10.6 Å². The summed E-state index contributed by atoms with van der Waals surface area (Å²) in [6, 6.07) is 4.46. The fourth-order valence-corrected chi connectivity index (χ4v) is 3.30. The molecule has 108 valence electrons. The molecule has 1 fully saturated rings. The van der Waals surface area contributed by atoms with Gasteiger partial charge in [-0.05, 0) is 24.6 Å². The van der Waals surface area contributed by atoms with Gasteiger partial charge in [0.2, 0.25) is 4.96 Å². The van der Waals surface area contributed by atoms with Gasteiger partial charge in [0.15, 0.2) is 10.8 Å². The van der Waals surface area contributed by atoms with Crippen molar-refractivity contribution in [3.05, 3.63) is 29.8 Å². The Labute approximate surface area is 123 Å². The average Bonchev–Trinajstić information content (AvgIpc) is 3.15. The summed E-state index contributed by atoms with van der Waals surface area (Å²) in [5, 5.41) is 13.3. The van der Waals surface area contributed by atoms with Gasteiger partial charge in [0, 0.05) is 18.2 Å². The van der Waals surface area contributed by atoms with Crippen LogP contribution in [0.1, 0.15) is 18.2 Å². The fraction of sp³-hybridized carbons (Fsp3) is 0.308. The van der Waals surface area contributed by atoms with Crippen LogP contribution in [0.4, 0.5) is 10.1 Å². The highest BCUT2D eigenvalue weighted by Gasteiger charge is 2.25. The molecular weight excluding hydrogens is 293 g/mol. The number of fused-ring (bicyclic) bond motifs is 1. The maximum absolute atomic E-state index is 13.9. The van der Waals surface area contributed by atoms with Crippen LogP contribution < -0.4 is 5.73 Å². The number of anilines is 1. The molecule has 0 saturated carbocycles. The molecule has 2 N–H and O–H groups in total. The quantitative estimate of drug-likeness (QED) is 0.733. The predicted octanol–water partition coefficient (Wildman–Crippen LogP) is 2.08. The van der Waals surface area contributed by atoms with Crippen LogP contribution in [-0.4, -0.2) is 33.0 Å². The van der Waals surface area contributed by atoms with E-state index in [-0.39, 0.29) is 11.7 Å². The Bertz CT molecular complexity index is 808. The molecular formula is C13H12FN5OS. The van der Waals surface area contributed by atoms with E-state index in [0.717, 1.165) is 18.9 Å². The van der Waals surface area contributed by atoms with Crippen LogP contribution >= 0.6 is 11.3 Å². The highest BCUT2D eigenvalue weighted by Crippen LogP contribution is 2.31. The molecule has 0 aliphatic carbocycles. The number of hydrogen-bond donors (Lipinski definition) is 1. The molecule has 4 rings (SSSR count). The fourth-order valence-electron chi connectivity index (χ4n) is 2.44. The van der Waals surface area contributed by atoms with Gasteiger partial charge in [0.25, 0.3) is 0 Å². The second-order valence-corrected chi connectivity index (χ2v) is 5.92. The van der Waals surface area contributed by atoms with E-state index >= 15 is 0 Å². The van der Waals surface area contributed by atoms with Crippen molar-refractivity contribution in [1.82, 2.24) is 19.8 Å². The Kier molecular flexibility index (Phi) is 2.86. The zero-order valence-corrected chi connectivity index (χ0v) is 11.8. The Morgan fingerprint density at radius 3 is 3.10 bits per heavy atom.